The summed E-state index contributed by atoms with van der Waals surface area (Å²) in [6.45, 7) is 0.664. The van der Waals surface area contributed by atoms with Gasteiger partial charge in [0, 0.05) is 0 Å². The third-order valence-corrected chi connectivity index (χ3v) is 2.50. The number of carbonyl (C=O) groups is 1. The summed E-state index contributed by atoms with van der Waals surface area (Å²) in [7, 11) is 1.31. The Morgan fingerprint density at radius 2 is 2.25 bits per heavy atom. The van der Waals surface area contributed by atoms with E-state index in [0.717, 1.165) is 12.3 Å². The lowest BCUT2D eigenvalue weighted by Crippen LogP contribution is -2.06. The fraction of sp³-hybridized carbons (Fsp3) is 0.545. The third kappa shape index (κ3) is 2.92. The van der Waals surface area contributed by atoms with E-state index in [-0.39, 0.29) is 5.69 Å². The summed E-state index contributed by atoms with van der Waals surface area (Å²) in [5.41, 5.74) is 0.192. The van der Waals surface area contributed by atoms with Crippen molar-refractivity contribution in [3.8, 4) is 5.88 Å². The first kappa shape index (κ1) is 10.9. The van der Waals surface area contributed by atoms with Crippen LogP contribution in [0.15, 0.2) is 12.4 Å². The molecule has 2 rings (SSSR count). The van der Waals surface area contributed by atoms with Crippen molar-refractivity contribution >= 4 is 5.97 Å². The van der Waals surface area contributed by atoms with E-state index in [0.29, 0.717) is 12.5 Å². The van der Waals surface area contributed by atoms with Crippen molar-refractivity contribution in [3.63, 3.8) is 0 Å². The smallest absolute Gasteiger partial charge is 0.358 e. The first-order valence-corrected chi connectivity index (χ1v) is 5.33. The molecule has 1 fully saturated rings. The standard InChI is InChI=1S/C11H14N2O3/c1-15-11(14)9-6-13-10(7-12-9)16-5-4-8-2-3-8/h6-8H,2-5H2,1H3. The fourth-order valence-electron chi connectivity index (χ4n) is 1.34. The van der Waals surface area contributed by atoms with Crippen LogP contribution in [-0.4, -0.2) is 29.7 Å². The summed E-state index contributed by atoms with van der Waals surface area (Å²) in [4.78, 5) is 19.0. The molecule has 1 saturated carbocycles. The average molecular weight is 222 g/mol. The van der Waals surface area contributed by atoms with Crippen molar-refractivity contribution in [1.29, 1.82) is 0 Å². The van der Waals surface area contributed by atoms with Crippen LogP contribution in [0.5, 0.6) is 5.88 Å². The first-order chi connectivity index (χ1) is 7.79. The molecule has 0 N–H and O–H groups in total. The van der Waals surface area contributed by atoms with E-state index < -0.39 is 5.97 Å². The zero-order valence-corrected chi connectivity index (χ0v) is 9.18. The van der Waals surface area contributed by atoms with E-state index >= 15 is 0 Å². The molecule has 1 aromatic rings. The number of methoxy groups -OCH3 is 1. The number of esters is 1. The summed E-state index contributed by atoms with van der Waals surface area (Å²) in [6, 6.07) is 0. The fourth-order valence-corrected chi connectivity index (χ4v) is 1.34. The maximum atomic E-state index is 11.1. The minimum atomic E-state index is -0.489. The zero-order valence-electron chi connectivity index (χ0n) is 9.18. The Morgan fingerprint density at radius 1 is 1.44 bits per heavy atom. The Kier molecular flexibility index (Phi) is 3.34. The molecule has 5 heteroatoms. The number of carbonyl (C=O) groups excluding carboxylic acids is 1. The second-order valence-electron chi connectivity index (χ2n) is 3.81. The van der Waals surface area contributed by atoms with Crippen molar-refractivity contribution in [2.45, 2.75) is 19.3 Å². The molecule has 0 aliphatic heterocycles. The lowest BCUT2D eigenvalue weighted by Gasteiger charge is -2.04. The molecule has 86 valence electrons. The van der Waals surface area contributed by atoms with Crippen molar-refractivity contribution in [2.75, 3.05) is 13.7 Å². The first-order valence-electron chi connectivity index (χ1n) is 5.33. The SMILES string of the molecule is COC(=O)c1cnc(OCCC2CC2)cn1. The number of nitrogens with zero attached hydrogens (tertiary/aromatic N) is 2. The van der Waals surface area contributed by atoms with Gasteiger partial charge < -0.3 is 9.47 Å². The molecule has 0 unspecified atom stereocenters. The van der Waals surface area contributed by atoms with Crippen LogP contribution in [0, 0.1) is 5.92 Å². The summed E-state index contributed by atoms with van der Waals surface area (Å²) in [5, 5.41) is 0. The molecule has 16 heavy (non-hydrogen) atoms. The molecule has 0 spiro atoms. The van der Waals surface area contributed by atoms with Crippen molar-refractivity contribution in [1.82, 2.24) is 9.97 Å². The minimum Gasteiger partial charge on any atom is -0.477 e. The Balaban J connectivity index is 1.83. The van der Waals surface area contributed by atoms with Crippen LogP contribution in [-0.2, 0) is 4.74 Å². The Morgan fingerprint density at radius 3 is 2.81 bits per heavy atom. The van der Waals surface area contributed by atoms with Gasteiger partial charge in [-0.1, -0.05) is 12.8 Å². The van der Waals surface area contributed by atoms with E-state index in [1.165, 1.54) is 32.3 Å². The van der Waals surface area contributed by atoms with Gasteiger partial charge in [0.25, 0.3) is 0 Å². The summed E-state index contributed by atoms with van der Waals surface area (Å²) < 4.78 is 9.91. The lowest BCUT2D eigenvalue weighted by atomic mass is 10.3. The van der Waals surface area contributed by atoms with Crippen molar-refractivity contribution in [3.05, 3.63) is 18.1 Å². The molecule has 1 heterocycles. The second-order valence-corrected chi connectivity index (χ2v) is 3.81. The van der Waals surface area contributed by atoms with Gasteiger partial charge in [-0.2, -0.15) is 0 Å². The van der Waals surface area contributed by atoms with Gasteiger partial charge in [0.2, 0.25) is 5.88 Å². The van der Waals surface area contributed by atoms with Gasteiger partial charge in [-0.05, 0) is 12.3 Å². The van der Waals surface area contributed by atoms with E-state index in [4.69, 9.17) is 4.74 Å². The van der Waals surface area contributed by atoms with Crippen molar-refractivity contribution in [2.24, 2.45) is 5.92 Å². The van der Waals surface area contributed by atoms with Gasteiger partial charge in [-0.15, -0.1) is 0 Å². The molecular weight excluding hydrogens is 208 g/mol. The van der Waals surface area contributed by atoms with E-state index in [1.807, 2.05) is 0 Å². The Bertz CT molecular complexity index is 360. The van der Waals surface area contributed by atoms with Crippen LogP contribution in [0.25, 0.3) is 0 Å². The molecule has 5 nitrogen and oxygen atoms in total. The van der Waals surface area contributed by atoms with Crippen LogP contribution in [0.1, 0.15) is 29.8 Å². The normalized spacial score (nSPS) is 14.6. The van der Waals surface area contributed by atoms with Gasteiger partial charge >= 0.3 is 5.97 Å². The molecule has 1 aliphatic carbocycles. The molecule has 0 saturated heterocycles. The van der Waals surface area contributed by atoms with Crippen LogP contribution >= 0.6 is 0 Å². The number of rotatable bonds is 5. The highest BCUT2D eigenvalue weighted by Gasteiger charge is 2.20. The Hall–Kier alpha value is -1.65. The van der Waals surface area contributed by atoms with Crippen LogP contribution in [0.2, 0.25) is 0 Å². The molecule has 0 amide bonds. The topological polar surface area (TPSA) is 61.3 Å². The predicted molar refractivity (Wildman–Crippen MR) is 56.2 cm³/mol. The lowest BCUT2D eigenvalue weighted by molar-refractivity contribution is 0.0593. The van der Waals surface area contributed by atoms with E-state index in [9.17, 15) is 4.79 Å². The molecule has 1 aliphatic rings. The molecule has 0 radical (unpaired) electrons. The van der Waals surface area contributed by atoms with Crippen LogP contribution in [0.3, 0.4) is 0 Å². The number of ether oxygens (including phenoxy) is 2. The van der Waals surface area contributed by atoms with Gasteiger partial charge in [0.1, 0.15) is 0 Å². The highest BCUT2D eigenvalue weighted by atomic mass is 16.5. The highest BCUT2D eigenvalue weighted by molar-refractivity contribution is 5.86. The molecule has 0 aromatic carbocycles. The van der Waals surface area contributed by atoms with Gasteiger partial charge in [-0.3, -0.25) is 0 Å². The zero-order chi connectivity index (χ0) is 11.4. The number of aromatic nitrogens is 2. The quantitative estimate of drug-likeness (QED) is 0.705. The van der Waals surface area contributed by atoms with Gasteiger partial charge in [0.15, 0.2) is 5.69 Å². The molecular formula is C11H14N2O3. The number of hydrogen-bond acceptors (Lipinski definition) is 5. The monoisotopic (exact) mass is 222 g/mol. The number of hydrogen-bond donors (Lipinski definition) is 0. The van der Waals surface area contributed by atoms with Gasteiger partial charge in [0.05, 0.1) is 26.1 Å². The summed E-state index contributed by atoms with van der Waals surface area (Å²) in [5.74, 6) is 0.799. The minimum absolute atomic E-state index is 0.192. The van der Waals surface area contributed by atoms with Gasteiger partial charge in [-0.25, -0.2) is 14.8 Å². The predicted octanol–water partition coefficient (Wildman–Crippen LogP) is 1.44. The van der Waals surface area contributed by atoms with Crippen LogP contribution < -0.4 is 4.74 Å². The van der Waals surface area contributed by atoms with E-state index in [1.54, 1.807) is 0 Å². The van der Waals surface area contributed by atoms with Crippen LogP contribution in [0.4, 0.5) is 0 Å². The maximum absolute atomic E-state index is 11.1. The summed E-state index contributed by atoms with van der Waals surface area (Å²) in [6.07, 6.45) is 6.50. The second kappa shape index (κ2) is 4.92. The third-order valence-electron chi connectivity index (χ3n) is 2.50. The van der Waals surface area contributed by atoms with Crippen molar-refractivity contribution < 1.29 is 14.3 Å². The highest BCUT2D eigenvalue weighted by Crippen LogP contribution is 2.32. The molecule has 0 bridgehead atoms. The molecule has 0 atom stereocenters. The molecule has 1 aromatic heterocycles. The largest absolute Gasteiger partial charge is 0.477 e. The average Bonchev–Trinajstić information content (AvgIpc) is 3.13. The Labute approximate surface area is 93.8 Å². The summed E-state index contributed by atoms with van der Waals surface area (Å²) >= 11 is 0. The van der Waals surface area contributed by atoms with E-state index in [2.05, 4.69) is 14.7 Å². The maximum Gasteiger partial charge on any atom is 0.358 e.